The number of aliphatic hydroxyl groups excluding tert-OH is 1. The summed E-state index contributed by atoms with van der Waals surface area (Å²) >= 11 is 0. The van der Waals surface area contributed by atoms with Gasteiger partial charge in [0.2, 0.25) is 14.3 Å². The molecule has 42 heavy (non-hydrogen) atoms. The van der Waals surface area contributed by atoms with Crippen LogP contribution < -0.4 is 5.32 Å². The monoisotopic (exact) mass is 588 g/mol. The van der Waals surface area contributed by atoms with E-state index in [4.69, 9.17) is 4.74 Å². The fraction of sp³-hybridized carbons (Fsp3) is 0.412. The maximum atomic E-state index is 15.7. The molecule has 0 spiro atoms. The minimum absolute atomic E-state index is 0.00498. The number of nitrogens with zero attached hydrogens (tertiary/aromatic N) is 1. The molecule has 1 fully saturated rings. The highest BCUT2D eigenvalue weighted by molar-refractivity contribution is 6.72. The molecule has 2 aliphatic rings. The topological polar surface area (TPSA) is 78.9 Å². The van der Waals surface area contributed by atoms with Gasteiger partial charge in [0, 0.05) is 23.3 Å². The molecule has 0 bridgehead atoms. The lowest BCUT2D eigenvalue weighted by atomic mass is 9.93. The Morgan fingerprint density at radius 2 is 1.64 bits per heavy atom. The molecule has 0 radical (unpaired) electrons. The second kappa shape index (κ2) is 12.9. The first-order valence-corrected chi connectivity index (χ1v) is 17.9. The lowest BCUT2D eigenvalue weighted by Crippen LogP contribution is -2.48. The Labute approximate surface area is 249 Å². The smallest absolute Gasteiger partial charge is 0.255 e. The largest absolute Gasteiger partial charge is 0.394 e. The van der Waals surface area contributed by atoms with Gasteiger partial charge in [-0.3, -0.25) is 9.59 Å². The van der Waals surface area contributed by atoms with E-state index in [-0.39, 0.29) is 48.4 Å². The standard InChI is InChI=1S/C34H41FN2O4Si/c1-23-30(18-15-24-13-16-28(17-14-24)36-34(40)25-9-5-4-6-10-25)41-31(33(23)42(2,3)35)20-32(39)37-21-27-12-8-7-11-26(27)19-29(37)22-38/h4-14,16-17,23,29-31,33,38H,15,18-22H2,1-3H3,(H,36,40)/t23-,29+,30+,31-,33+/m1/s1. The van der Waals surface area contributed by atoms with Crippen LogP contribution in [0.4, 0.5) is 9.80 Å². The Morgan fingerprint density at radius 3 is 2.31 bits per heavy atom. The number of fused-ring (bicyclic) bond motifs is 1. The zero-order valence-electron chi connectivity index (χ0n) is 24.6. The Hall–Kier alpha value is -3.33. The van der Waals surface area contributed by atoms with E-state index in [9.17, 15) is 14.7 Å². The van der Waals surface area contributed by atoms with Crippen molar-refractivity contribution in [2.45, 2.75) is 76.0 Å². The van der Waals surface area contributed by atoms with E-state index in [1.807, 2.05) is 66.7 Å². The van der Waals surface area contributed by atoms with Gasteiger partial charge in [-0.25, -0.2) is 0 Å². The summed E-state index contributed by atoms with van der Waals surface area (Å²) in [5, 5.41) is 13.0. The molecule has 2 amide bonds. The molecule has 3 aromatic carbocycles. The van der Waals surface area contributed by atoms with Crippen molar-refractivity contribution in [1.29, 1.82) is 0 Å². The maximum absolute atomic E-state index is 15.7. The molecule has 8 heteroatoms. The number of carbonyl (C=O) groups excluding carboxylic acids is 2. The van der Waals surface area contributed by atoms with Crippen molar-refractivity contribution in [1.82, 2.24) is 4.90 Å². The molecule has 1 saturated heterocycles. The average molecular weight is 589 g/mol. The number of anilines is 1. The summed E-state index contributed by atoms with van der Waals surface area (Å²) in [5.74, 6) is -0.243. The molecular formula is C34H41FN2O4Si. The van der Waals surface area contributed by atoms with Crippen LogP contribution in [0.5, 0.6) is 0 Å². The highest BCUT2D eigenvalue weighted by Crippen LogP contribution is 2.47. The number of rotatable bonds is 9. The molecule has 2 N–H and O–H groups in total. The van der Waals surface area contributed by atoms with Gasteiger partial charge in [0.25, 0.3) is 5.91 Å². The summed E-state index contributed by atoms with van der Waals surface area (Å²) in [4.78, 5) is 27.8. The summed E-state index contributed by atoms with van der Waals surface area (Å²) in [5.41, 5.74) is 4.40. The Kier molecular flexibility index (Phi) is 9.25. The fourth-order valence-electron chi connectivity index (χ4n) is 6.76. The number of aliphatic hydroxyl groups is 1. The molecule has 2 heterocycles. The number of benzene rings is 3. The summed E-state index contributed by atoms with van der Waals surface area (Å²) in [7, 11) is -3.14. The third-order valence-corrected chi connectivity index (χ3v) is 11.4. The van der Waals surface area contributed by atoms with E-state index in [1.54, 1.807) is 30.1 Å². The van der Waals surface area contributed by atoms with Crippen LogP contribution >= 0.6 is 0 Å². The number of amides is 2. The summed E-state index contributed by atoms with van der Waals surface area (Å²) in [6.45, 7) is 5.84. The number of halogens is 1. The van der Waals surface area contributed by atoms with Crippen molar-refractivity contribution < 1.29 is 23.5 Å². The predicted molar refractivity (Wildman–Crippen MR) is 166 cm³/mol. The third-order valence-electron chi connectivity index (χ3n) is 8.92. The van der Waals surface area contributed by atoms with Crippen molar-refractivity contribution >= 4 is 25.9 Å². The highest BCUT2D eigenvalue weighted by Gasteiger charge is 2.52. The van der Waals surface area contributed by atoms with Gasteiger partial charge in [-0.05, 0) is 79.2 Å². The van der Waals surface area contributed by atoms with Gasteiger partial charge in [0.1, 0.15) is 0 Å². The van der Waals surface area contributed by atoms with Crippen molar-refractivity contribution in [3.05, 3.63) is 101 Å². The van der Waals surface area contributed by atoms with E-state index in [1.165, 1.54) is 0 Å². The fourth-order valence-corrected chi connectivity index (χ4v) is 9.31. The van der Waals surface area contributed by atoms with E-state index in [2.05, 4.69) is 12.2 Å². The molecule has 5 rings (SSSR count). The first-order chi connectivity index (χ1) is 20.1. The number of ether oxygens (including phenoxy) is 1. The molecule has 0 saturated carbocycles. The van der Waals surface area contributed by atoms with Crippen LogP contribution in [0, 0.1) is 5.92 Å². The van der Waals surface area contributed by atoms with Crippen LogP contribution in [0.2, 0.25) is 18.6 Å². The second-order valence-corrected chi connectivity index (χ2v) is 16.0. The molecule has 0 aromatic heterocycles. The zero-order chi connectivity index (χ0) is 29.9. The molecule has 0 aliphatic carbocycles. The van der Waals surface area contributed by atoms with Crippen molar-refractivity contribution in [3.63, 3.8) is 0 Å². The number of hydrogen-bond donors (Lipinski definition) is 2. The van der Waals surface area contributed by atoms with Gasteiger partial charge in [0.15, 0.2) is 0 Å². The minimum Gasteiger partial charge on any atom is -0.394 e. The Bertz CT molecular complexity index is 1380. The normalized spacial score (nSPS) is 23.8. The summed E-state index contributed by atoms with van der Waals surface area (Å²) in [6, 6.07) is 24.6. The molecular weight excluding hydrogens is 547 g/mol. The quantitative estimate of drug-likeness (QED) is 0.232. The van der Waals surface area contributed by atoms with Crippen molar-refractivity contribution in [2.24, 2.45) is 5.92 Å². The first kappa shape index (κ1) is 30.1. The average Bonchev–Trinajstić information content (AvgIpc) is 3.31. The first-order valence-electron chi connectivity index (χ1n) is 14.9. The molecule has 3 aromatic rings. The Balaban J connectivity index is 1.21. The number of hydrogen-bond acceptors (Lipinski definition) is 4. The lowest BCUT2D eigenvalue weighted by molar-refractivity contribution is -0.138. The molecule has 0 unspecified atom stereocenters. The summed E-state index contributed by atoms with van der Waals surface area (Å²) < 4.78 is 22.2. The van der Waals surface area contributed by atoms with Gasteiger partial charge < -0.3 is 24.2 Å². The van der Waals surface area contributed by atoms with E-state index < -0.39 is 14.5 Å². The lowest BCUT2D eigenvalue weighted by Gasteiger charge is -2.37. The summed E-state index contributed by atoms with van der Waals surface area (Å²) in [6.07, 6.45) is 1.59. The van der Waals surface area contributed by atoms with Crippen LogP contribution in [0.1, 0.15) is 46.8 Å². The van der Waals surface area contributed by atoms with Crippen LogP contribution in [0.25, 0.3) is 0 Å². The SMILES string of the molecule is C[C@H]1[C@H]([Si](C)(C)F)[C@@H](CC(=O)N2Cc3ccccc3C[C@H]2CO)O[C@H]1CCc1ccc(NC(=O)c2ccccc2)cc1. The highest BCUT2D eigenvalue weighted by atomic mass is 28.4. The van der Waals surface area contributed by atoms with Gasteiger partial charge >= 0.3 is 0 Å². The third kappa shape index (κ3) is 6.83. The Morgan fingerprint density at radius 1 is 0.976 bits per heavy atom. The van der Waals surface area contributed by atoms with Gasteiger partial charge in [-0.1, -0.05) is 61.5 Å². The minimum atomic E-state index is -3.14. The molecule has 5 atom stereocenters. The predicted octanol–water partition coefficient (Wildman–Crippen LogP) is 6.16. The van der Waals surface area contributed by atoms with E-state index in [0.29, 0.717) is 18.5 Å². The van der Waals surface area contributed by atoms with Crippen molar-refractivity contribution in [3.8, 4) is 0 Å². The van der Waals surface area contributed by atoms with Crippen LogP contribution in [0.15, 0.2) is 78.9 Å². The molecule has 6 nitrogen and oxygen atoms in total. The zero-order valence-corrected chi connectivity index (χ0v) is 25.6. The van der Waals surface area contributed by atoms with Gasteiger partial charge in [-0.15, -0.1) is 0 Å². The number of nitrogens with one attached hydrogen (secondary N) is 1. The van der Waals surface area contributed by atoms with E-state index >= 15 is 4.11 Å². The van der Waals surface area contributed by atoms with Crippen LogP contribution in [-0.4, -0.2) is 55.1 Å². The molecule has 222 valence electrons. The van der Waals surface area contributed by atoms with Gasteiger partial charge in [-0.2, -0.15) is 0 Å². The van der Waals surface area contributed by atoms with Crippen molar-refractivity contribution in [2.75, 3.05) is 11.9 Å². The van der Waals surface area contributed by atoms with E-state index in [0.717, 1.165) is 35.2 Å². The second-order valence-electron chi connectivity index (χ2n) is 12.3. The van der Waals surface area contributed by atoms with Crippen LogP contribution in [0.3, 0.4) is 0 Å². The number of aryl methyl sites for hydroxylation is 1. The van der Waals surface area contributed by atoms with Gasteiger partial charge in [0.05, 0.1) is 31.3 Å². The molecule has 2 aliphatic heterocycles. The van der Waals surface area contributed by atoms with Crippen LogP contribution in [-0.2, 0) is 28.9 Å². The maximum Gasteiger partial charge on any atom is 0.255 e. The number of carbonyl (C=O) groups is 2.